The summed E-state index contributed by atoms with van der Waals surface area (Å²) in [4.78, 5) is 0. The molecule has 76 valence electrons. The molecule has 0 aliphatic carbocycles. The van der Waals surface area contributed by atoms with E-state index in [9.17, 15) is 0 Å². The van der Waals surface area contributed by atoms with Crippen LogP contribution in [-0.4, -0.2) is 36.6 Å². The van der Waals surface area contributed by atoms with Crippen LogP contribution in [0.5, 0.6) is 0 Å². The van der Waals surface area contributed by atoms with Crippen LogP contribution in [0.4, 0.5) is 0 Å². The Labute approximate surface area is 79.3 Å². The molecule has 0 spiro atoms. The summed E-state index contributed by atoms with van der Waals surface area (Å²) in [6.45, 7) is 7.62. The highest BCUT2D eigenvalue weighted by Gasteiger charge is 2.27. The first kappa shape index (κ1) is 12.4. The molecule has 0 aliphatic rings. The van der Waals surface area contributed by atoms with Gasteiger partial charge in [0.15, 0.2) is 0 Å². The minimum absolute atomic E-state index is 0.105. The number of ether oxygens (including phenoxy) is 1. The van der Waals surface area contributed by atoms with Crippen molar-refractivity contribution in [2.24, 2.45) is 5.41 Å². The number of hydrogen-bond acceptors (Lipinski definition) is 3. The van der Waals surface area contributed by atoms with Crippen LogP contribution in [-0.2, 0) is 4.74 Å². The fourth-order valence-electron chi connectivity index (χ4n) is 0.994. The van der Waals surface area contributed by atoms with E-state index in [1.165, 1.54) is 0 Å². The van der Waals surface area contributed by atoms with Crippen LogP contribution in [0, 0.1) is 5.41 Å². The highest BCUT2D eigenvalue weighted by atomic mass is 16.5. The molecule has 13 heavy (non-hydrogen) atoms. The lowest BCUT2D eigenvalue weighted by molar-refractivity contribution is -0.0184. The van der Waals surface area contributed by atoms with Crippen molar-refractivity contribution in [2.75, 3.05) is 26.4 Å². The van der Waals surface area contributed by atoms with Gasteiger partial charge in [0.1, 0.15) is 0 Å². The zero-order valence-corrected chi connectivity index (χ0v) is 7.91. The third kappa shape index (κ3) is 4.22. The van der Waals surface area contributed by atoms with Gasteiger partial charge < -0.3 is 14.9 Å². The van der Waals surface area contributed by atoms with Crippen LogP contribution >= 0.6 is 0 Å². The van der Waals surface area contributed by atoms with Gasteiger partial charge >= 0.3 is 0 Å². The molecule has 0 heterocycles. The van der Waals surface area contributed by atoms with E-state index in [1.807, 2.05) is 0 Å². The van der Waals surface area contributed by atoms with Gasteiger partial charge in [-0.3, -0.25) is 0 Å². The van der Waals surface area contributed by atoms with Gasteiger partial charge in [0.25, 0.3) is 0 Å². The summed E-state index contributed by atoms with van der Waals surface area (Å²) in [5, 5.41) is 18.2. The molecular weight excluding hydrogens is 168 g/mol. The van der Waals surface area contributed by atoms with Gasteiger partial charge in [0.05, 0.1) is 26.4 Å². The molecule has 3 heteroatoms. The minimum Gasteiger partial charge on any atom is -0.396 e. The lowest BCUT2D eigenvalue weighted by Crippen LogP contribution is -2.34. The smallest absolute Gasteiger partial charge is 0.0645 e. The molecule has 2 N–H and O–H groups in total. The second-order valence-electron chi connectivity index (χ2n) is 3.11. The molecule has 0 rings (SSSR count). The molecule has 3 nitrogen and oxygen atoms in total. The van der Waals surface area contributed by atoms with Gasteiger partial charge in [-0.1, -0.05) is 12.2 Å². The summed E-state index contributed by atoms with van der Waals surface area (Å²) in [6.07, 6.45) is 3.84. The maximum atomic E-state index is 9.09. The van der Waals surface area contributed by atoms with E-state index in [-0.39, 0.29) is 13.2 Å². The molecule has 0 saturated heterocycles. The number of aliphatic hydroxyl groups is 2. The van der Waals surface area contributed by atoms with Gasteiger partial charge in [0, 0.05) is 5.41 Å². The Hall–Kier alpha value is -0.640. The lowest BCUT2D eigenvalue weighted by Gasteiger charge is -2.27. The Morgan fingerprint density at radius 1 is 1.15 bits per heavy atom. The monoisotopic (exact) mass is 186 g/mol. The SMILES string of the molecule is C=CCOCC(CO)(CO)CC=C. The zero-order chi connectivity index (χ0) is 10.2. The Morgan fingerprint density at radius 3 is 2.15 bits per heavy atom. The topological polar surface area (TPSA) is 49.7 Å². The molecule has 0 radical (unpaired) electrons. The quantitative estimate of drug-likeness (QED) is 0.434. The standard InChI is InChI=1S/C10H18O3/c1-3-5-10(7-11,8-12)9-13-6-4-2/h3-4,11-12H,1-2,5-9H2. The fraction of sp³-hybridized carbons (Fsp3) is 0.600. The lowest BCUT2D eigenvalue weighted by atomic mass is 9.87. The Balaban J connectivity index is 4.03. The zero-order valence-electron chi connectivity index (χ0n) is 7.91. The number of allylic oxidation sites excluding steroid dienone is 1. The van der Waals surface area contributed by atoms with E-state index in [4.69, 9.17) is 14.9 Å². The molecule has 0 atom stereocenters. The second-order valence-corrected chi connectivity index (χ2v) is 3.11. The number of hydrogen-bond donors (Lipinski definition) is 2. The van der Waals surface area contributed by atoms with Crippen molar-refractivity contribution < 1.29 is 14.9 Å². The molecular formula is C10H18O3. The molecule has 0 bridgehead atoms. The molecule has 0 saturated carbocycles. The summed E-state index contributed by atoms with van der Waals surface area (Å²) in [7, 11) is 0. The second kappa shape index (κ2) is 6.83. The van der Waals surface area contributed by atoms with Crippen LogP contribution in [0.2, 0.25) is 0 Å². The summed E-state index contributed by atoms with van der Waals surface area (Å²) in [5.41, 5.74) is -0.592. The van der Waals surface area contributed by atoms with Gasteiger partial charge in [-0.25, -0.2) is 0 Å². The summed E-state index contributed by atoms with van der Waals surface area (Å²) >= 11 is 0. The van der Waals surface area contributed by atoms with Gasteiger partial charge in [-0.05, 0) is 6.42 Å². The van der Waals surface area contributed by atoms with Crippen molar-refractivity contribution in [1.82, 2.24) is 0 Å². The van der Waals surface area contributed by atoms with Crippen molar-refractivity contribution in [1.29, 1.82) is 0 Å². The van der Waals surface area contributed by atoms with Gasteiger partial charge in [-0.15, -0.1) is 13.2 Å². The molecule has 0 aromatic rings. The van der Waals surface area contributed by atoms with Crippen molar-refractivity contribution in [3.05, 3.63) is 25.3 Å². The van der Waals surface area contributed by atoms with Crippen LogP contribution in [0.25, 0.3) is 0 Å². The highest BCUT2D eigenvalue weighted by Crippen LogP contribution is 2.21. The number of aliphatic hydroxyl groups excluding tert-OH is 2. The Bertz CT molecular complexity index is 150. The molecule has 0 aromatic heterocycles. The average molecular weight is 186 g/mol. The predicted octanol–water partition coefficient (Wildman–Crippen LogP) is 0.736. The van der Waals surface area contributed by atoms with Gasteiger partial charge in [-0.2, -0.15) is 0 Å². The van der Waals surface area contributed by atoms with Crippen molar-refractivity contribution in [3.8, 4) is 0 Å². The number of rotatable bonds is 8. The van der Waals surface area contributed by atoms with Gasteiger partial charge in [0.2, 0.25) is 0 Å². The van der Waals surface area contributed by atoms with Crippen molar-refractivity contribution in [3.63, 3.8) is 0 Å². The summed E-state index contributed by atoms with van der Waals surface area (Å²) < 4.78 is 5.20. The van der Waals surface area contributed by atoms with E-state index in [1.54, 1.807) is 12.2 Å². The fourth-order valence-corrected chi connectivity index (χ4v) is 0.994. The third-order valence-electron chi connectivity index (χ3n) is 1.89. The third-order valence-corrected chi connectivity index (χ3v) is 1.89. The Morgan fingerprint density at radius 2 is 1.77 bits per heavy atom. The normalized spacial score (nSPS) is 11.2. The van der Waals surface area contributed by atoms with Crippen LogP contribution in [0.1, 0.15) is 6.42 Å². The summed E-state index contributed by atoms with van der Waals surface area (Å²) in [5.74, 6) is 0. The molecule has 0 fully saturated rings. The van der Waals surface area contributed by atoms with E-state index >= 15 is 0 Å². The first-order valence-corrected chi connectivity index (χ1v) is 4.26. The summed E-state index contributed by atoms with van der Waals surface area (Å²) in [6, 6.07) is 0. The van der Waals surface area contributed by atoms with E-state index < -0.39 is 5.41 Å². The van der Waals surface area contributed by atoms with Crippen LogP contribution < -0.4 is 0 Å². The largest absolute Gasteiger partial charge is 0.396 e. The molecule has 0 amide bonds. The van der Waals surface area contributed by atoms with Crippen LogP contribution in [0.15, 0.2) is 25.3 Å². The molecule has 0 aliphatic heterocycles. The highest BCUT2D eigenvalue weighted by molar-refractivity contribution is 4.86. The van der Waals surface area contributed by atoms with E-state index in [0.29, 0.717) is 19.6 Å². The van der Waals surface area contributed by atoms with E-state index in [2.05, 4.69) is 13.2 Å². The maximum absolute atomic E-state index is 9.09. The molecule has 0 aromatic carbocycles. The van der Waals surface area contributed by atoms with Crippen molar-refractivity contribution in [2.45, 2.75) is 6.42 Å². The first-order valence-electron chi connectivity index (χ1n) is 4.26. The Kier molecular flexibility index (Phi) is 6.49. The van der Waals surface area contributed by atoms with E-state index in [0.717, 1.165) is 0 Å². The first-order chi connectivity index (χ1) is 6.24. The maximum Gasteiger partial charge on any atom is 0.0645 e. The average Bonchev–Trinajstić information content (AvgIpc) is 2.17. The van der Waals surface area contributed by atoms with Crippen LogP contribution in [0.3, 0.4) is 0 Å². The predicted molar refractivity (Wildman–Crippen MR) is 52.4 cm³/mol. The molecule has 0 unspecified atom stereocenters. The minimum atomic E-state index is -0.592. The van der Waals surface area contributed by atoms with Crippen molar-refractivity contribution >= 4 is 0 Å².